The first-order valence-corrected chi connectivity index (χ1v) is 12.0. The maximum atomic E-state index is 12.2. The Morgan fingerprint density at radius 3 is 2.27 bits per heavy atom. The largest absolute Gasteiger partial charge is 0.295 e. The number of benzene rings is 2. The van der Waals surface area contributed by atoms with Crippen LogP contribution < -0.4 is 0 Å². The number of hydrogen-bond donors (Lipinski definition) is 1. The van der Waals surface area contributed by atoms with Crippen LogP contribution in [0.5, 0.6) is 0 Å². The van der Waals surface area contributed by atoms with Crippen LogP contribution in [-0.2, 0) is 11.3 Å². The Labute approximate surface area is 195 Å². The van der Waals surface area contributed by atoms with Crippen LogP contribution in [0.3, 0.4) is 0 Å². The average Bonchev–Trinajstić information content (AvgIpc) is 3.64. The van der Waals surface area contributed by atoms with Gasteiger partial charge in [-0.25, -0.2) is 0 Å². The Morgan fingerprint density at radius 2 is 1.64 bits per heavy atom. The van der Waals surface area contributed by atoms with Crippen LogP contribution in [-0.4, -0.2) is 43.8 Å². The third kappa shape index (κ3) is 5.92. The first kappa shape index (κ1) is 22.8. The Balaban J connectivity index is 0.000000459. The molecule has 7 heteroatoms. The average molecular weight is 445 g/mol. The Kier molecular flexibility index (Phi) is 7.95. The number of amides is 1. The monoisotopic (exact) mass is 444 g/mol. The SMILES string of the molecule is C1CCCC1.CCCCC1=NCC(=O)N1Cc1ccc(-c2ccccc2-c2nn[nH]n2)cc1. The van der Waals surface area contributed by atoms with Crippen molar-refractivity contribution < 1.29 is 4.79 Å². The number of nitrogens with one attached hydrogen (secondary N) is 1. The Bertz CT molecular complexity index is 1050. The molecule has 5 rings (SSSR count). The van der Waals surface area contributed by atoms with Crippen molar-refractivity contribution >= 4 is 11.7 Å². The van der Waals surface area contributed by atoms with Gasteiger partial charge in [0, 0.05) is 12.0 Å². The van der Waals surface area contributed by atoms with Crippen molar-refractivity contribution in [3.05, 3.63) is 54.1 Å². The minimum atomic E-state index is 0.0811. The van der Waals surface area contributed by atoms with Gasteiger partial charge in [0.05, 0.1) is 6.54 Å². The summed E-state index contributed by atoms with van der Waals surface area (Å²) in [5.41, 5.74) is 4.11. The molecular weight excluding hydrogens is 412 g/mol. The Morgan fingerprint density at radius 1 is 0.939 bits per heavy atom. The zero-order valence-corrected chi connectivity index (χ0v) is 19.3. The molecule has 1 aliphatic heterocycles. The second kappa shape index (κ2) is 11.5. The molecule has 2 aliphatic rings. The number of H-pyrrole nitrogens is 1. The van der Waals surface area contributed by atoms with Gasteiger partial charge in [0.25, 0.3) is 0 Å². The molecule has 1 aromatic heterocycles. The predicted molar refractivity (Wildman–Crippen MR) is 131 cm³/mol. The number of carbonyl (C=O) groups is 1. The van der Waals surface area contributed by atoms with E-state index in [1.165, 1.54) is 32.1 Å². The number of hydrogen-bond acceptors (Lipinski definition) is 5. The topological polar surface area (TPSA) is 87.1 Å². The molecule has 7 nitrogen and oxygen atoms in total. The minimum Gasteiger partial charge on any atom is -0.295 e. The summed E-state index contributed by atoms with van der Waals surface area (Å²) in [5.74, 6) is 1.56. The molecule has 2 heterocycles. The van der Waals surface area contributed by atoms with Gasteiger partial charge in [0.2, 0.25) is 11.7 Å². The van der Waals surface area contributed by atoms with Gasteiger partial charge in [-0.05, 0) is 28.3 Å². The molecule has 0 saturated heterocycles. The quantitative estimate of drug-likeness (QED) is 0.527. The highest BCUT2D eigenvalue weighted by Gasteiger charge is 2.24. The normalized spacial score (nSPS) is 15.4. The highest BCUT2D eigenvalue weighted by molar-refractivity contribution is 6.03. The van der Waals surface area contributed by atoms with Crippen molar-refractivity contribution in [2.24, 2.45) is 4.99 Å². The number of aromatic nitrogens is 4. The summed E-state index contributed by atoms with van der Waals surface area (Å²) in [6.07, 6.45) is 10.5. The third-order valence-corrected chi connectivity index (χ3v) is 6.13. The van der Waals surface area contributed by atoms with Gasteiger partial charge >= 0.3 is 0 Å². The van der Waals surface area contributed by atoms with Crippen LogP contribution >= 0.6 is 0 Å². The van der Waals surface area contributed by atoms with E-state index in [-0.39, 0.29) is 12.5 Å². The molecule has 2 aromatic carbocycles. The molecular formula is C26H32N6O. The molecule has 0 spiro atoms. The highest BCUT2D eigenvalue weighted by Crippen LogP contribution is 2.30. The van der Waals surface area contributed by atoms with Crippen molar-refractivity contribution in [2.75, 3.05) is 6.54 Å². The van der Waals surface area contributed by atoms with E-state index in [0.29, 0.717) is 12.4 Å². The van der Waals surface area contributed by atoms with Crippen molar-refractivity contribution in [3.63, 3.8) is 0 Å². The van der Waals surface area contributed by atoms with Crippen LogP contribution in [0.1, 0.15) is 63.9 Å². The van der Waals surface area contributed by atoms with Crippen molar-refractivity contribution in [1.29, 1.82) is 0 Å². The fourth-order valence-corrected chi connectivity index (χ4v) is 4.26. The van der Waals surface area contributed by atoms with Crippen molar-refractivity contribution in [3.8, 4) is 22.5 Å². The molecule has 1 aliphatic carbocycles. The predicted octanol–water partition coefficient (Wildman–Crippen LogP) is 5.42. The second-order valence-electron chi connectivity index (χ2n) is 8.56. The number of aliphatic imine (C=N–C) groups is 1. The van der Waals surface area contributed by atoms with Crippen LogP contribution in [0.15, 0.2) is 53.5 Å². The van der Waals surface area contributed by atoms with Crippen LogP contribution in [0.25, 0.3) is 22.5 Å². The molecule has 1 amide bonds. The van der Waals surface area contributed by atoms with Gasteiger partial charge in [-0.1, -0.05) is 94.0 Å². The fraction of sp³-hybridized carbons (Fsp3) is 0.423. The lowest BCUT2D eigenvalue weighted by molar-refractivity contribution is -0.125. The molecule has 1 N–H and O–H groups in total. The van der Waals surface area contributed by atoms with Crippen LogP contribution in [0.4, 0.5) is 0 Å². The summed E-state index contributed by atoms with van der Waals surface area (Å²) in [7, 11) is 0. The lowest BCUT2D eigenvalue weighted by Gasteiger charge is -2.19. The standard InChI is InChI=1S/C21H22N6O.C5H10/c1-2-3-8-19-22-13-20(28)27(19)14-15-9-11-16(12-10-15)17-6-4-5-7-18(17)21-23-25-26-24-21;1-2-4-5-3-1/h4-7,9-12H,2-3,8,13-14H2,1H3,(H,23,24,25,26);1-5H2. The number of aromatic amines is 1. The fourth-order valence-electron chi connectivity index (χ4n) is 4.26. The van der Waals surface area contributed by atoms with Crippen molar-refractivity contribution in [1.82, 2.24) is 25.5 Å². The summed E-state index contributed by atoms with van der Waals surface area (Å²) in [5, 5.41) is 14.3. The molecule has 33 heavy (non-hydrogen) atoms. The number of unbranched alkanes of at least 4 members (excludes halogenated alkanes) is 1. The van der Waals surface area contributed by atoms with Gasteiger partial charge in [0.15, 0.2) is 0 Å². The number of nitrogens with zero attached hydrogens (tertiary/aromatic N) is 5. The maximum Gasteiger partial charge on any atom is 0.249 e. The van der Waals surface area contributed by atoms with E-state index >= 15 is 0 Å². The minimum absolute atomic E-state index is 0.0811. The van der Waals surface area contributed by atoms with E-state index in [9.17, 15) is 4.79 Å². The summed E-state index contributed by atoms with van der Waals surface area (Å²) < 4.78 is 0. The number of carbonyl (C=O) groups excluding carboxylic acids is 1. The first-order valence-electron chi connectivity index (χ1n) is 12.0. The van der Waals surface area contributed by atoms with Gasteiger partial charge < -0.3 is 0 Å². The smallest absolute Gasteiger partial charge is 0.249 e. The van der Waals surface area contributed by atoms with Gasteiger partial charge in [-0.2, -0.15) is 5.21 Å². The summed E-state index contributed by atoms with van der Waals surface area (Å²) >= 11 is 0. The second-order valence-corrected chi connectivity index (χ2v) is 8.56. The van der Waals surface area contributed by atoms with E-state index in [1.54, 1.807) is 0 Å². The molecule has 0 atom stereocenters. The van der Waals surface area contributed by atoms with Crippen LogP contribution in [0.2, 0.25) is 0 Å². The van der Waals surface area contributed by atoms with Crippen molar-refractivity contribution in [2.45, 2.75) is 64.8 Å². The van der Waals surface area contributed by atoms with E-state index < -0.39 is 0 Å². The molecule has 1 fully saturated rings. The summed E-state index contributed by atoms with van der Waals surface area (Å²) in [6, 6.07) is 16.2. The van der Waals surface area contributed by atoms with Gasteiger partial charge in [-0.3, -0.25) is 14.7 Å². The van der Waals surface area contributed by atoms with Gasteiger partial charge in [-0.15, -0.1) is 10.2 Å². The molecule has 1 saturated carbocycles. The highest BCUT2D eigenvalue weighted by atomic mass is 16.2. The van der Waals surface area contributed by atoms with E-state index in [0.717, 1.165) is 47.4 Å². The maximum absolute atomic E-state index is 12.2. The molecule has 0 bridgehead atoms. The molecule has 0 radical (unpaired) electrons. The van der Waals surface area contributed by atoms with Crippen LogP contribution in [0, 0.1) is 0 Å². The molecule has 3 aromatic rings. The Hall–Kier alpha value is -3.35. The summed E-state index contributed by atoms with van der Waals surface area (Å²) in [4.78, 5) is 18.4. The summed E-state index contributed by atoms with van der Waals surface area (Å²) in [6.45, 7) is 2.98. The van der Waals surface area contributed by atoms with E-state index in [2.05, 4.69) is 56.8 Å². The number of amidine groups is 1. The lowest BCUT2D eigenvalue weighted by Crippen LogP contribution is -2.31. The first-order chi connectivity index (χ1) is 16.3. The molecule has 0 unspecified atom stereocenters. The van der Waals surface area contributed by atoms with E-state index in [1.807, 2.05) is 29.2 Å². The number of rotatable bonds is 7. The number of tetrazole rings is 1. The van der Waals surface area contributed by atoms with E-state index in [4.69, 9.17) is 0 Å². The van der Waals surface area contributed by atoms with Gasteiger partial charge in [0.1, 0.15) is 12.4 Å². The molecule has 172 valence electrons. The zero-order valence-electron chi connectivity index (χ0n) is 19.3. The zero-order chi connectivity index (χ0) is 22.9. The third-order valence-electron chi connectivity index (χ3n) is 6.13. The lowest BCUT2D eigenvalue weighted by atomic mass is 9.98.